The molecule has 7 aliphatic rings. The van der Waals surface area contributed by atoms with Crippen LogP contribution in [0.3, 0.4) is 0 Å². The van der Waals surface area contributed by atoms with Crippen molar-refractivity contribution in [3.05, 3.63) is 490 Å². The molecule has 0 bridgehead atoms. The van der Waals surface area contributed by atoms with Crippen LogP contribution >= 0.6 is 22.7 Å². The predicted octanol–water partition coefficient (Wildman–Crippen LogP) is 32.5. The molecule has 17 aromatic carbocycles. The SMILES string of the molecule is c1ccc2c3c(ccc2c1)Cc1cc2ccncc2cc1-3.c1ccc2c3c(ccc2c1)Cc1cc[nH]c1-3.c1ccc2c3c(ccc2c1)Cc1ccsc1-3.c1ccc2c3c(ccc2c1)Cc1nc2c(ccc4cccnc42)cc1-3.c1ccc2c3c(ccc2c1)Cc1nc2cnccc2cc1-3.c1ccc2c3c(ccc2c1)Cc1sccc1-3.c1ccc2nc3c(cc2c1)-c1c(ccc2ccccc12)C3. The summed E-state index contributed by atoms with van der Waals surface area (Å²) >= 11 is 3.75. The first-order chi connectivity index (χ1) is 67.4. The van der Waals surface area contributed by atoms with Crippen LogP contribution in [-0.4, -0.2) is 34.9 Å². The fourth-order valence-corrected chi connectivity index (χ4v) is 24.5. The summed E-state index contributed by atoms with van der Waals surface area (Å²) in [7, 11) is 0. The van der Waals surface area contributed by atoms with E-state index in [4.69, 9.17) is 15.0 Å². The summed E-state index contributed by atoms with van der Waals surface area (Å²) in [5.41, 5.74) is 39.8. The number of para-hydroxylation sites is 1. The molecule has 26 aromatic rings. The van der Waals surface area contributed by atoms with Gasteiger partial charge in [-0.1, -0.05) is 297 Å². The Balaban J connectivity index is 0.0000000809. The van der Waals surface area contributed by atoms with E-state index in [9.17, 15) is 0 Å². The molecule has 0 atom stereocenters. The summed E-state index contributed by atoms with van der Waals surface area (Å²) in [5.74, 6) is 0. The third-order valence-electron chi connectivity index (χ3n) is 28.8. The number of hydrogen-bond donors (Lipinski definition) is 1. The number of nitrogens with one attached hydrogen (secondary N) is 1. The number of thiophene rings is 2. The van der Waals surface area contributed by atoms with Gasteiger partial charge in [-0.15, -0.1) is 22.7 Å². The largest absolute Gasteiger partial charge is 0.361 e. The molecular formula is C127H83N7S2. The second-order valence-electron chi connectivity index (χ2n) is 36.5. The maximum absolute atomic E-state index is 5.04. The van der Waals surface area contributed by atoms with E-state index in [1.165, 1.54) is 241 Å². The second-order valence-corrected chi connectivity index (χ2v) is 38.5. The van der Waals surface area contributed by atoms with Crippen molar-refractivity contribution in [2.24, 2.45) is 0 Å². The van der Waals surface area contributed by atoms with E-state index in [2.05, 4.69) is 383 Å². The Kier molecular flexibility index (Phi) is 19.1. The van der Waals surface area contributed by atoms with Gasteiger partial charge >= 0.3 is 0 Å². The van der Waals surface area contributed by atoms with Crippen LogP contribution in [0, 0.1) is 0 Å². The average Bonchev–Trinajstić information content (AvgIpc) is 1.60. The summed E-state index contributed by atoms with van der Waals surface area (Å²) in [6, 6.07) is 131. The molecule has 0 amide bonds. The summed E-state index contributed by atoms with van der Waals surface area (Å²) in [5, 5.41) is 30.3. The van der Waals surface area contributed by atoms with Crippen LogP contribution in [0.4, 0.5) is 0 Å². The first-order valence-electron chi connectivity index (χ1n) is 46.9. The van der Waals surface area contributed by atoms with Crippen molar-refractivity contribution in [3.8, 4) is 77.3 Å². The van der Waals surface area contributed by atoms with Gasteiger partial charge in [0.05, 0.1) is 45.3 Å². The van der Waals surface area contributed by atoms with E-state index in [1.54, 1.807) is 0 Å². The van der Waals surface area contributed by atoms with Crippen molar-refractivity contribution in [1.82, 2.24) is 34.9 Å². The van der Waals surface area contributed by atoms with Gasteiger partial charge in [-0.3, -0.25) is 24.9 Å². The number of pyridine rings is 6. The van der Waals surface area contributed by atoms with Gasteiger partial charge in [0.25, 0.3) is 0 Å². The zero-order valence-electron chi connectivity index (χ0n) is 74.2. The number of rotatable bonds is 0. The molecular weight excluding hydrogens is 1690 g/mol. The van der Waals surface area contributed by atoms with Crippen LogP contribution in [0.2, 0.25) is 0 Å². The molecule has 33 rings (SSSR count). The Hall–Kier alpha value is -16.6. The van der Waals surface area contributed by atoms with Crippen molar-refractivity contribution in [2.45, 2.75) is 44.9 Å². The lowest BCUT2D eigenvalue weighted by molar-refractivity contribution is 1.15. The zero-order chi connectivity index (χ0) is 89.4. The molecule has 9 aromatic heterocycles. The minimum Gasteiger partial charge on any atom is -0.361 e. The lowest BCUT2D eigenvalue weighted by atomic mass is 9.97. The van der Waals surface area contributed by atoms with Crippen LogP contribution in [0.15, 0.2) is 412 Å². The number of aromatic nitrogens is 7. The van der Waals surface area contributed by atoms with Gasteiger partial charge in [-0.25, -0.2) is 4.98 Å². The van der Waals surface area contributed by atoms with E-state index in [0.29, 0.717) is 0 Å². The number of aromatic amines is 1. The van der Waals surface area contributed by atoms with Crippen molar-refractivity contribution >= 4 is 152 Å². The highest BCUT2D eigenvalue weighted by Crippen LogP contribution is 2.51. The first kappa shape index (κ1) is 79.2. The zero-order valence-corrected chi connectivity index (χ0v) is 75.8. The normalized spacial score (nSPS) is 12.6. The van der Waals surface area contributed by atoms with Crippen LogP contribution in [0.5, 0.6) is 0 Å². The number of fused-ring (bicyclic) bond motifs is 41. The molecule has 638 valence electrons. The van der Waals surface area contributed by atoms with Crippen molar-refractivity contribution in [3.63, 3.8) is 0 Å². The molecule has 7 aliphatic carbocycles. The fourth-order valence-electron chi connectivity index (χ4n) is 22.5. The topological polar surface area (TPSA) is 93.1 Å². The molecule has 0 fully saturated rings. The van der Waals surface area contributed by atoms with E-state index < -0.39 is 0 Å². The molecule has 0 aliphatic heterocycles. The second kappa shape index (κ2) is 32.7. The fraction of sp³-hybridized carbons (Fsp3) is 0.0551. The minimum atomic E-state index is 0.897. The van der Waals surface area contributed by atoms with E-state index in [1.807, 2.05) is 72.0 Å². The highest BCUT2D eigenvalue weighted by Gasteiger charge is 2.30. The quantitative estimate of drug-likeness (QED) is 0.152. The van der Waals surface area contributed by atoms with Gasteiger partial charge in [0, 0.05) is 133 Å². The Bertz CT molecular complexity index is 8770. The number of hydrogen-bond acceptors (Lipinski definition) is 8. The van der Waals surface area contributed by atoms with Gasteiger partial charge in [0.15, 0.2) is 0 Å². The first-order valence-corrected chi connectivity index (χ1v) is 48.7. The van der Waals surface area contributed by atoms with Crippen LogP contribution in [0.1, 0.15) is 77.6 Å². The third-order valence-corrected chi connectivity index (χ3v) is 30.7. The van der Waals surface area contributed by atoms with E-state index in [-0.39, 0.29) is 0 Å². The molecule has 9 heteroatoms. The molecule has 7 nitrogen and oxygen atoms in total. The highest BCUT2D eigenvalue weighted by atomic mass is 32.1. The van der Waals surface area contributed by atoms with Gasteiger partial charge in [-0.2, -0.15) is 0 Å². The maximum Gasteiger partial charge on any atom is 0.0968 e. The molecule has 0 saturated carbocycles. The summed E-state index contributed by atoms with van der Waals surface area (Å²) in [6.45, 7) is 0. The summed E-state index contributed by atoms with van der Waals surface area (Å²) in [4.78, 5) is 34.1. The highest BCUT2D eigenvalue weighted by molar-refractivity contribution is 7.14. The lowest BCUT2D eigenvalue weighted by Crippen LogP contribution is -1.91. The molecule has 0 radical (unpaired) electrons. The van der Waals surface area contributed by atoms with Crippen molar-refractivity contribution in [1.29, 1.82) is 0 Å². The standard InChI is InChI=1S/C23H14N2.2C20H13N.C19H12N2.C15H11N.2C15H10S/c1-2-6-18-14(4-1)7-9-16-13-20-19(21(16)18)12-17-10-8-15-5-3-11-24-22(15)23(17)25-20;1-3-7-16-13(5-1)9-10-15-12-19-17(20(15)16)11-14-6-2-4-8-18(14)21-19;1-2-4-18-13(3-1)5-6-15-10-16-9-14-7-8-21-12-17(14)11-19(16)20(15)18;1-2-4-15-12(3-1)5-6-14-10-17-16(19(14)15)9-13-7-8-20-11-18(13)21-17;2*1-2-4-13-10(3-1)5-6-11-9-12-7-8-16-15(12)14(11)13;1-2-4-12-10(3-1)5-6-11-9-14-13(15(11)12)7-8-16-14/h1-12H,13H2;1-11H,12H2;1-9,11-12H,10H2;1-9,11H,10H2;1-8,16H,9H2;2*1-8H,9H2. The van der Waals surface area contributed by atoms with Gasteiger partial charge in [-0.05, 0) is 266 Å². The smallest absolute Gasteiger partial charge is 0.0968 e. The number of benzene rings is 17. The van der Waals surface area contributed by atoms with Crippen LogP contribution in [-0.2, 0) is 44.9 Å². The lowest BCUT2D eigenvalue weighted by Gasteiger charge is -2.08. The Morgan fingerprint density at radius 3 is 1.19 bits per heavy atom. The molecule has 1 N–H and O–H groups in total. The minimum absolute atomic E-state index is 0.897. The maximum atomic E-state index is 5.04. The Morgan fingerprint density at radius 1 is 0.221 bits per heavy atom. The summed E-state index contributed by atoms with van der Waals surface area (Å²) < 4.78 is 0. The van der Waals surface area contributed by atoms with E-state index >= 15 is 0 Å². The third kappa shape index (κ3) is 13.6. The number of nitrogens with zero attached hydrogens (tertiary/aromatic N) is 6. The van der Waals surface area contributed by atoms with Gasteiger partial charge in [0.1, 0.15) is 0 Å². The molecule has 0 unspecified atom stereocenters. The molecule has 0 spiro atoms. The summed E-state index contributed by atoms with van der Waals surface area (Å²) in [6.07, 6.45) is 18.5. The molecule has 136 heavy (non-hydrogen) atoms. The molecule has 0 saturated heterocycles. The van der Waals surface area contributed by atoms with Crippen LogP contribution in [0.25, 0.3) is 207 Å². The van der Waals surface area contributed by atoms with Crippen molar-refractivity contribution in [2.75, 3.05) is 0 Å². The number of H-pyrrole nitrogens is 1. The Morgan fingerprint density at radius 2 is 0.618 bits per heavy atom. The van der Waals surface area contributed by atoms with Gasteiger partial charge in [0.2, 0.25) is 0 Å². The predicted molar refractivity (Wildman–Crippen MR) is 570 cm³/mol. The van der Waals surface area contributed by atoms with Crippen LogP contribution < -0.4 is 0 Å². The van der Waals surface area contributed by atoms with Gasteiger partial charge < -0.3 is 4.98 Å². The van der Waals surface area contributed by atoms with Crippen molar-refractivity contribution < 1.29 is 0 Å². The molecule has 9 heterocycles. The monoisotopic (exact) mass is 1770 g/mol. The Labute approximate surface area is 793 Å². The average molecular weight is 1770 g/mol. The van der Waals surface area contributed by atoms with E-state index in [0.717, 1.165) is 88.9 Å².